The predicted molar refractivity (Wildman–Crippen MR) is 110 cm³/mol. The van der Waals surface area contributed by atoms with Crippen molar-refractivity contribution >= 4 is 17.7 Å². The van der Waals surface area contributed by atoms with Gasteiger partial charge in [0.05, 0.1) is 7.11 Å². The molecule has 3 aromatic rings. The Bertz CT molecular complexity index is 946. The number of aliphatic carboxylic acids is 1. The van der Waals surface area contributed by atoms with Crippen LogP contribution in [-0.2, 0) is 24.4 Å². The third kappa shape index (κ3) is 5.51. The van der Waals surface area contributed by atoms with Crippen molar-refractivity contribution in [2.75, 3.05) is 7.11 Å². The molecule has 0 fully saturated rings. The number of thioether (sulfide) groups is 1. The number of ether oxygens (including phenoxy) is 2. The molecule has 0 saturated carbocycles. The standard InChI is InChI=1S/C21H23N3O4S/c1-15(20(25)26)29-21-23-22-19(14-28-18-11-7-6-10-17(18)27-2)24(21)13-12-16-8-4-3-5-9-16/h3-11,15H,12-14H2,1-2H3,(H,25,26)/t15-/m0/s1. The normalized spacial score (nSPS) is 11.8. The number of rotatable bonds is 10. The molecular formula is C21H23N3O4S. The Morgan fingerprint density at radius 2 is 1.79 bits per heavy atom. The summed E-state index contributed by atoms with van der Waals surface area (Å²) in [6, 6.07) is 17.5. The highest BCUT2D eigenvalue weighted by Crippen LogP contribution is 2.28. The number of carbonyl (C=O) groups is 1. The molecule has 29 heavy (non-hydrogen) atoms. The van der Waals surface area contributed by atoms with Crippen molar-refractivity contribution < 1.29 is 19.4 Å². The minimum Gasteiger partial charge on any atom is -0.493 e. The van der Waals surface area contributed by atoms with Gasteiger partial charge in [-0.15, -0.1) is 10.2 Å². The number of aromatic nitrogens is 3. The van der Waals surface area contributed by atoms with Crippen LogP contribution >= 0.6 is 11.8 Å². The van der Waals surface area contributed by atoms with Gasteiger partial charge in [-0.05, 0) is 31.0 Å². The minimum atomic E-state index is -0.889. The third-order valence-electron chi connectivity index (χ3n) is 4.32. The van der Waals surface area contributed by atoms with Crippen LogP contribution in [0.1, 0.15) is 18.3 Å². The smallest absolute Gasteiger partial charge is 0.316 e. The lowest BCUT2D eigenvalue weighted by atomic mass is 10.1. The van der Waals surface area contributed by atoms with Crippen molar-refractivity contribution in [2.45, 2.75) is 36.9 Å². The van der Waals surface area contributed by atoms with E-state index in [-0.39, 0.29) is 6.61 Å². The van der Waals surface area contributed by atoms with E-state index in [0.29, 0.717) is 29.0 Å². The first-order valence-electron chi connectivity index (χ1n) is 9.19. The average molecular weight is 413 g/mol. The summed E-state index contributed by atoms with van der Waals surface area (Å²) in [5.41, 5.74) is 1.18. The highest BCUT2D eigenvalue weighted by Gasteiger charge is 2.20. The molecule has 7 nitrogen and oxygen atoms in total. The van der Waals surface area contributed by atoms with E-state index in [1.807, 2.05) is 47.0 Å². The van der Waals surface area contributed by atoms with Crippen molar-refractivity contribution in [3.05, 3.63) is 66.0 Å². The Labute approximate surface area is 173 Å². The number of hydrogen-bond acceptors (Lipinski definition) is 6. The summed E-state index contributed by atoms with van der Waals surface area (Å²) in [7, 11) is 1.59. The summed E-state index contributed by atoms with van der Waals surface area (Å²) in [6.45, 7) is 2.45. The van der Waals surface area contributed by atoms with Crippen LogP contribution in [0, 0.1) is 0 Å². The molecule has 1 heterocycles. The molecular weight excluding hydrogens is 390 g/mol. The molecule has 3 rings (SSSR count). The first-order valence-corrected chi connectivity index (χ1v) is 10.1. The molecule has 1 atom stereocenters. The van der Waals surface area contributed by atoms with Crippen LogP contribution in [0.5, 0.6) is 11.5 Å². The van der Waals surface area contributed by atoms with Crippen LogP contribution in [0.3, 0.4) is 0 Å². The number of nitrogens with zero attached hydrogens (tertiary/aromatic N) is 3. The monoisotopic (exact) mass is 413 g/mol. The fourth-order valence-electron chi connectivity index (χ4n) is 2.71. The van der Waals surface area contributed by atoms with Crippen molar-refractivity contribution in [1.29, 1.82) is 0 Å². The van der Waals surface area contributed by atoms with Gasteiger partial charge in [0.1, 0.15) is 11.9 Å². The van der Waals surface area contributed by atoms with Crippen molar-refractivity contribution in [3.63, 3.8) is 0 Å². The molecule has 1 N–H and O–H groups in total. The fourth-order valence-corrected chi connectivity index (χ4v) is 3.54. The molecule has 0 spiro atoms. The molecule has 152 valence electrons. The maximum Gasteiger partial charge on any atom is 0.316 e. The van der Waals surface area contributed by atoms with Gasteiger partial charge in [-0.3, -0.25) is 4.79 Å². The summed E-state index contributed by atoms with van der Waals surface area (Å²) in [6.07, 6.45) is 0.773. The molecule has 0 aliphatic rings. The predicted octanol–water partition coefficient (Wildman–Crippen LogP) is 3.67. The van der Waals surface area contributed by atoms with Gasteiger partial charge < -0.3 is 19.1 Å². The molecule has 0 amide bonds. The molecule has 0 aliphatic carbocycles. The number of benzene rings is 2. The number of methoxy groups -OCH3 is 1. The fraction of sp³-hybridized carbons (Fsp3) is 0.286. The summed E-state index contributed by atoms with van der Waals surface area (Å²) < 4.78 is 13.1. The van der Waals surface area contributed by atoms with E-state index in [1.54, 1.807) is 14.0 Å². The van der Waals surface area contributed by atoms with Gasteiger partial charge in [-0.2, -0.15) is 0 Å². The van der Waals surface area contributed by atoms with Gasteiger partial charge in [0.15, 0.2) is 22.5 Å². The van der Waals surface area contributed by atoms with E-state index in [4.69, 9.17) is 9.47 Å². The van der Waals surface area contributed by atoms with Gasteiger partial charge >= 0.3 is 5.97 Å². The van der Waals surface area contributed by atoms with E-state index in [9.17, 15) is 9.90 Å². The second-order valence-electron chi connectivity index (χ2n) is 6.32. The lowest BCUT2D eigenvalue weighted by molar-refractivity contribution is -0.136. The highest BCUT2D eigenvalue weighted by molar-refractivity contribution is 8.00. The van der Waals surface area contributed by atoms with Crippen LogP contribution in [0.4, 0.5) is 0 Å². The first-order chi connectivity index (χ1) is 14.1. The van der Waals surface area contributed by atoms with Gasteiger partial charge in [0.2, 0.25) is 0 Å². The van der Waals surface area contributed by atoms with Crippen LogP contribution in [0.2, 0.25) is 0 Å². The van der Waals surface area contributed by atoms with Gasteiger partial charge in [-0.25, -0.2) is 0 Å². The zero-order chi connectivity index (χ0) is 20.6. The molecule has 0 aliphatic heterocycles. The molecule has 0 bridgehead atoms. The minimum absolute atomic E-state index is 0.199. The molecule has 8 heteroatoms. The Balaban J connectivity index is 1.79. The van der Waals surface area contributed by atoms with Crippen LogP contribution in [-0.4, -0.2) is 38.2 Å². The Kier molecular flexibility index (Phi) is 7.13. The van der Waals surface area contributed by atoms with Crippen molar-refractivity contribution in [1.82, 2.24) is 14.8 Å². The summed E-state index contributed by atoms with van der Waals surface area (Å²) in [5.74, 6) is 0.990. The summed E-state index contributed by atoms with van der Waals surface area (Å²) in [5, 5.41) is 17.6. The average Bonchev–Trinajstić information content (AvgIpc) is 3.12. The van der Waals surface area contributed by atoms with Crippen LogP contribution in [0.25, 0.3) is 0 Å². The highest BCUT2D eigenvalue weighted by atomic mass is 32.2. The number of aryl methyl sites for hydroxylation is 1. The molecule has 1 aromatic heterocycles. The number of carboxylic acids is 1. The second kappa shape index (κ2) is 9.97. The zero-order valence-corrected chi connectivity index (χ0v) is 17.1. The summed E-state index contributed by atoms with van der Waals surface area (Å²) in [4.78, 5) is 11.3. The molecule has 0 unspecified atom stereocenters. The van der Waals surface area contributed by atoms with E-state index in [0.717, 1.165) is 6.42 Å². The summed E-state index contributed by atoms with van der Waals surface area (Å²) >= 11 is 1.17. The quantitative estimate of drug-likeness (QED) is 0.508. The number of para-hydroxylation sites is 2. The van der Waals surface area contributed by atoms with Crippen LogP contribution in [0.15, 0.2) is 59.8 Å². The number of hydrogen-bond donors (Lipinski definition) is 1. The topological polar surface area (TPSA) is 86.5 Å². The van der Waals surface area contributed by atoms with Crippen molar-refractivity contribution in [3.8, 4) is 11.5 Å². The zero-order valence-electron chi connectivity index (χ0n) is 16.3. The van der Waals surface area contributed by atoms with Crippen LogP contribution < -0.4 is 9.47 Å². The third-order valence-corrected chi connectivity index (χ3v) is 5.38. The van der Waals surface area contributed by atoms with Gasteiger partial charge in [0, 0.05) is 6.54 Å². The lowest BCUT2D eigenvalue weighted by Gasteiger charge is -2.13. The van der Waals surface area contributed by atoms with E-state index in [1.165, 1.54) is 17.3 Å². The van der Waals surface area contributed by atoms with E-state index >= 15 is 0 Å². The molecule has 0 saturated heterocycles. The first kappa shape index (κ1) is 20.7. The molecule has 2 aromatic carbocycles. The maximum atomic E-state index is 11.3. The second-order valence-corrected chi connectivity index (χ2v) is 7.63. The van der Waals surface area contributed by atoms with E-state index in [2.05, 4.69) is 22.3 Å². The lowest BCUT2D eigenvalue weighted by Crippen LogP contribution is -2.15. The Hall–Kier alpha value is -3.00. The Morgan fingerprint density at radius 3 is 2.48 bits per heavy atom. The SMILES string of the molecule is COc1ccccc1OCc1nnc(S[C@@H](C)C(=O)O)n1CCc1ccccc1. The van der Waals surface area contributed by atoms with Gasteiger partial charge in [0.25, 0.3) is 0 Å². The van der Waals surface area contributed by atoms with Gasteiger partial charge in [-0.1, -0.05) is 54.2 Å². The number of carboxylic acid groups (broad SMARTS) is 1. The maximum absolute atomic E-state index is 11.3. The van der Waals surface area contributed by atoms with E-state index < -0.39 is 11.2 Å². The largest absolute Gasteiger partial charge is 0.493 e. The Morgan fingerprint density at radius 1 is 1.10 bits per heavy atom. The van der Waals surface area contributed by atoms with Crippen molar-refractivity contribution in [2.24, 2.45) is 0 Å². The molecule has 0 radical (unpaired) electrons.